The monoisotopic (exact) mass is 350 g/mol. The smallest absolute Gasteiger partial charge is 0.238 e. The number of thioether (sulfide) groups is 1. The number of anilines is 1. The Balaban J connectivity index is 1.96. The summed E-state index contributed by atoms with van der Waals surface area (Å²) in [6, 6.07) is 15.8. The van der Waals surface area contributed by atoms with Crippen LogP contribution in [0.25, 0.3) is 0 Å². The lowest BCUT2D eigenvalue weighted by molar-refractivity contribution is -0.115. The van der Waals surface area contributed by atoms with Gasteiger partial charge in [0.1, 0.15) is 0 Å². The summed E-state index contributed by atoms with van der Waals surface area (Å²) in [7, 11) is -3.78. The fourth-order valence-corrected chi connectivity index (χ4v) is 3.27. The number of hydrogen-bond acceptors (Lipinski definition) is 4. The molecule has 0 spiro atoms. The van der Waals surface area contributed by atoms with Gasteiger partial charge in [0.05, 0.1) is 10.1 Å². The zero-order chi connectivity index (χ0) is 16.9. The van der Waals surface area contributed by atoms with E-state index in [-0.39, 0.29) is 16.1 Å². The molecule has 0 saturated heterocycles. The second-order valence-corrected chi connectivity index (χ2v) is 7.89. The van der Waals surface area contributed by atoms with Crippen LogP contribution < -0.4 is 10.5 Å². The van der Waals surface area contributed by atoms with Gasteiger partial charge in [-0.15, -0.1) is 11.8 Å². The predicted octanol–water partition coefficient (Wildman–Crippen LogP) is 2.59. The van der Waals surface area contributed by atoms with Gasteiger partial charge in [-0.25, -0.2) is 13.6 Å². The highest BCUT2D eigenvalue weighted by atomic mass is 32.2. The van der Waals surface area contributed by atoms with E-state index in [2.05, 4.69) is 5.32 Å². The summed E-state index contributed by atoms with van der Waals surface area (Å²) in [6.45, 7) is 1.81. The molecular formula is C16H18N2O3S2. The SMILES string of the molecule is C[C@@H](SCc1ccccc1)C(=O)Nc1cccc(S(N)(=O)=O)c1. The van der Waals surface area contributed by atoms with E-state index < -0.39 is 10.0 Å². The van der Waals surface area contributed by atoms with Crippen molar-refractivity contribution >= 4 is 33.4 Å². The summed E-state index contributed by atoms with van der Waals surface area (Å²) in [5.74, 6) is 0.546. The van der Waals surface area contributed by atoms with Crippen LogP contribution in [-0.4, -0.2) is 19.6 Å². The minimum Gasteiger partial charge on any atom is -0.325 e. The van der Waals surface area contributed by atoms with Gasteiger partial charge in [0.2, 0.25) is 15.9 Å². The molecule has 0 radical (unpaired) electrons. The summed E-state index contributed by atoms with van der Waals surface area (Å²) >= 11 is 1.51. The van der Waals surface area contributed by atoms with Gasteiger partial charge in [-0.05, 0) is 30.7 Å². The first kappa shape index (κ1) is 17.5. The average molecular weight is 350 g/mol. The summed E-state index contributed by atoms with van der Waals surface area (Å²) in [4.78, 5) is 12.2. The molecule has 2 aromatic rings. The van der Waals surface area contributed by atoms with Crippen molar-refractivity contribution in [2.75, 3.05) is 5.32 Å². The molecule has 1 atom stereocenters. The van der Waals surface area contributed by atoms with Crippen LogP contribution in [0.15, 0.2) is 59.5 Å². The summed E-state index contributed by atoms with van der Waals surface area (Å²) in [6.07, 6.45) is 0. The highest BCUT2D eigenvalue weighted by Crippen LogP contribution is 2.20. The number of carbonyl (C=O) groups is 1. The number of rotatable bonds is 6. The van der Waals surface area contributed by atoms with E-state index in [9.17, 15) is 13.2 Å². The van der Waals surface area contributed by atoms with Gasteiger partial charge in [-0.2, -0.15) is 0 Å². The number of carbonyl (C=O) groups excluding carboxylic acids is 1. The first-order valence-corrected chi connectivity index (χ1v) is 9.55. The number of primary sulfonamides is 1. The molecule has 0 aromatic heterocycles. The quantitative estimate of drug-likeness (QED) is 0.838. The van der Waals surface area contributed by atoms with Gasteiger partial charge >= 0.3 is 0 Å². The van der Waals surface area contributed by atoms with Crippen molar-refractivity contribution < 1.29 is 13.2 Å². The number of nitrogens with two attached hydrogens (primary N) is 1. The third-order valence-corrected chi connectivity index (χ3v) is 5.27. The van der Waals surface area contributed by atoms with Crippen molar-refractivity contribution in [3.05, 3.63) is 60.2 Å². The highest BCUT2D eigenvalue weighted by molar-refractivity contribution is 7.99. The lowest BCUT2D eigenvalue weighted by Crippen LogP contribution is -2.23. The Hall–Kier alpha value is -1.83. The zero-order valence-electron chi connectivity index (χ0n) is 12.6. The largest absolute Gasteiger partial charge is 0.325 e. The molecule has 7 heteroatoms. The molecule has 2 rings (SSSR count). The first-order chi connectivity index (χ1) is 10.9. The Kier molecular flexibility index (Phi) is 5.81. The predicted molar refractivity (Wildman–Crippen MR) is 93.6 cm³/mol. The summed E-state index contributed by atoms with van der Waals surface area (Å²) < 4.78 is 22.7. The highest BCUT2D eigenvalue weighted by Gasteiger charge is 2.15. The van der Waals surface area contributed by atoms with Crippen LogP contribution >= 0.6 is 11.8 Å². The van der Waals surface area contributed by atoms with E-state index in [0.29, 0.717) is 5.69 Å². The van der Waals surface area contributed by atoms with E-state index in [1.807, 2.05) is 37.3 Å². The molecule has 23 heavy (non-hydrogen) atoms. The molecule has 0 unspecified atom stereocenters. The molecule has 1 amide bonds. The van der Waals surface area contributed by atoms with Crippen LogP contribution in [0.2, 0.25) is 0 Å². The molecular weight excluding hydrogens is 332 g/mol. The van der Waals surface area contributed by atoms with Crippen LogP contribution in [0.4, 0.5) is 5.69 Å². The average Bonchev–Trinajstić information content (AvgIpc) is 2.53. The van der Waals surface area contributed by atoms with Crippen molar-refractivity contribution in [1.82, 2.24) is 0 Å². The van der Waals surface area contributed by atoms with Gasteiger partial charge in [0, 0.05) is 11.4 Å². The molecule has 2 aromatic carbocycles. The Morgan fingerprint density at radius 2 is 1.87 bits per heavy atom. The van der Waals surface area contributed by atoms with Gasteiger partial charge in [0.25, 0.3) is 0 Å². The normalized spacial score (nSPS) is 12.6. The third kappa shape index (κ3) is 5.38. The van der Waals surface area contributed by atoms with Crippen LogP contribution in [0.1, 0.15) is 12.5 Å². The van der Waals surface area contributed by atoms with Gasteiger partial charge in [0.15, 0.2) is 0 Å². The Morgan fingerprint density at radius 3 is 2.52 bits per heavy atom. The number of nitrogens with one attached hydrogen (secondary N) is 1. The molecule has 5 nitrogen and oxygen atoms in total. The number of sulfonamides is 1. The maximum absolute atomic E-state index is 12.2. The maximum atomic E-state index is 12.2. The minimum atomic E-state index is -3.78. The fraction of sp³-hybridized carbons (Fsp3) is 0.188. The van der Waals surface area contributed by atoms with Crippen molar-refractivity contribution in [2.24, 2.45) is 5.14 Å². The molecule has 0 bridgehead atoms. The first-order valence-electron chi connectivity index (χ1n) is 6.95. The van der Waals surface area contributed by atoms with E-state index in [0.717, 1.165) is 11.3 Å². The molecule has 0 aliphatic heterocycles. The van der Waals surface area contributed by atoms with Gasteiger partial charge in [-0.1, -0.05) is 36.4 Å². The second kappa shape index (κ2) is 7.63. The Morgan fingerprint density at radius 1 is 1.17 bits per heavy atom. The van der Waals surface area contributed by atoms with Crippen LogP contribution in [-0.2, 0) is 20.6 Å². The third-order valence-electron chi connectivity index (χ3n) is 3.14. The lowest BCUT2D eigenvalue weighted by Gasteiger charge is -2.12. The number of amides is 1. The van der Waals surface area contributed by atoms with Gasteiger partial charge in [-0.3, -0.25) is 4.79 Å². The zero-order valence-corrected chi connectivity index (χ0v) is 14.2. The minimum absolute atomic E-state index is 0.0279. The van der Waals surface area contributed by atoms with Crippen LogP contribution in [0, 0.1) is 0 Å². The van der Waals surface area contributed by atoms with Crippen molar-refractivity contribution in [3.63, 3.8) is 0 Å². The van der Waals surface area contributed by atoms with Crippen molar-refractivity contribution in [3.8, 4) is 0 Å². The van der Waals surface area contributed by atoms with E-state index >= 15 is 0 Å². The molecule has 0 heterocycles. The maximum Gasteiger partial charge on any atom is 0.238 e. The van der Waals surface area contributed by atoms with Crippen molar-refractivity contribution in [1.29, 1.82) is 0 Å². The standard InChI is InChI=1S/C16H18N2O3S2/c1-12(22-11-13-6-3-2-4-7-13)16(19)18-14-8-5-9-15(10-14)23(17,20)21/h2-10,12H,11H2,1H3,(H,18,19)(H2,17,20,21)/t12-/m1/s1. The van der Waals surface area contributed by atoms with Crippen molar-refractivity contribution in [2.45, 2.75) is 22.8 Å². The van der Waals surface area contributed by atoms with E-state index in [1.165, 1.54) is 30.0 Å². The van der Waals surface area contributed by atoms with E-state index in [4.69, 9.17) is 5.14 Å². The molecule has 3 N–H and O–H groups in total. The molecule has 122 valence electrons. The number of hydrogen-bond donors (Lipinski definition) is 2. The lowest BCUT2D eigenvalue weighted by atomic mass is 10.2. The van der Waals surface area contributed by atoms with E-state index in [1.54, 1.807) is 6.07 Å². The van der Waals surface area contributed by atoms with Crippen LogP contribution in [0.3, 0.4) is 0 Å². The number of benzene rings is 2. The second-order valence-electron chi connectivity index (χ2n) is 5.00. The molecule has 0 aliphatic carbocycles. The van der Waals surface area contributed by atoms with Gasteiger partial charge < -0.3 is 5.32 Å². The molecule has 0 aliphatic rings. The summed E-state index contributed by atoms with van der Waals surface area (Å²) in [5, 5.41) is 7.52. The molecule has 0 fully saturated rings. The van der Waals surface area contributed by atoms with Crippen LogP contribution in [0.5, 0.6) is 0 Å². The molecule has 0 saturated carbocycles. The topological polar surface area (TPSA) is 89.3 Å². The Labute approximate surface area is 140 Å². The fourth-order valence-electron chi connectivity index (χ4n) is 1.87. The Bertz CT molecular complexity index is 777. The summed E-state index contributed by atoms with van der Waals surface area (Å²) in [5.41, 5.74) is 1.56.